The fraction of sp³-hybridized carbons (Fsp3) is 0.733. The average Bonchev–Trinajstić information content (AvgIpc) is 2.84. The van der Waals surface area contributed by atoms with Gasteiger partial charge in [-0.25, -0.2) is 0 Å². The van der Waals surface area contributed by atoms with Crippen LogP contribution in [0.3, 0.4) is 0 Å². The molecule has 4 aliphatic rings. The second-order valence-electron chi connectivity index (χ2n) is 7.22. The van der Waals surface area contributed by atoms with Gasteiger partial charge in [0.2, 0.25) is 0 Å². The summed E-state index contributed by atoms with van der Waals surface area (Å²) in [6.07, 6.45) is -1.00. The summed E-state index contributed by atoms with van der Waals surface area (Å²) in [5.74, 6) is 0.347. The molecule has 23 heavy (non-hydrogen) atoms. The number of fused-ring (bicyclic) bond motifs is 1. The number of anilines is 1. The first-order chi connectivity index (χ1) is 10.8. The smallest absolute Gasteiger partial charge is 0.435 e. The normalized spacial score (nSPS) is 31.9. The average molecular weight is 329 g/mol. The molecule has 0 amide bonds. The number of alkyl halides is 3. The molecule has 2 heterocycles. The third kappa shape index (κ3) is 1.99. The van der Waals surface area contributed by atoms with E-state index in [1.165, 1.54) is 7.11 Å². The molecule has 5 nitrogen and oxygen atoms in total. The second-order valence-corrected chi connectivity index (χ2v) is 7.22. The van der Waals surface area contributed by atoms with Crippen LogP contribution in [0.25, 0.3) is 0 Å². The van der Waals surface area contributed by atoms with Crippen LogP contribution < -0.4 is 4.90 Å². The number of hydrogen-bond acceptors (Lipinski definition) is 4. The van der Waals surface area contributed by atoms with Crippen molar-refractivity contribution in [3.05, 3.63) is 11.3 Å². The lowest BCUT2D eigenvalue weighted by Gasteiger charge is -2.69. The van der Waals surface area contributed by atoms with Crippen LogP contribution in [0.1, 0.15) is 36.9 Å². The lowest BCUT2D eigenvalue weighted by Crippen LogP contribution is -2.69. The number of esters is 1. The Labute approximate surface area is 131 Å². The van der Waals surface area contributed by atoms with Crippen molar-refractivity contribution >= 4 is 11.8 Å². The van der Waals surface area contributed by atoms with Crippen LogP contribution in [0.2, 0.25) is 0 Å². The molecule has 3 saturated carbocycles. The molecular weight excluding hydrogens is 311 g/mol. The van der Waals surface area contributed by atoms with Crippen molar-refractivity contribution in [3.8, 4) is 0 Å². The molecule has 1 aliphatic heterocycles. The van der Waals surface area contributed by atoms with Crippen molar-refractivity contribution in [3.63, 3.8) is 0 Å². The van der Waals surface area contributed by atoms with Crippen molar-refractivity contribution in [1.82, 2.24) is 10.2 Å². The zero-order valence-corrected chi connectivity index (χ0v) is 12.8. The van der Waals surface area contributed by atoms with E-state index in [2.05, 4.69) is 10.2 Å². The van der Waals surface area contributed by atoms with Crippen LogP contribution >= 0.6 is 0 Å². The predicted octanol–water partition coefficient (Wildman–Crippen LogP) is 2.52. The predicted molar refractivity (Wildman–Crippen MR) is 74.9 cm³/mol. The van der Waals surface area contributed by atoms with Gasteiger partial charge < -0.3 is 9.64 Å². The Kier molecular flexibility index (Phi) is 2.85. The van der Waals surface area contributed by atoms with E-state index in [1.807, 2.05) is 4.90 Å². The zero-order chi connectivity index (χ0) is 16.5. The van der Waals surface area contributed by atoms with Gasteiger partial charge >= 0.3 is 12.1 Å². The summed E-state index contributed by atoms with van der Waals surface area (Å²) < 4.78 is 43.8. The quantitative estimate of drug-likeness (QED) is 0.866. The number of carbonyl (C=O) groups excluding carboxylic acids is 1. The zero-order valence-electron chi connectivity index (χ0n) is 12.8. The lowest BCUT2D eigenvalue weighted by atomic mass is 9.35. The Bertz CT molecular complexity index is 648. The summed E-state index contributed by atoms with van der Waals surface area (Å²) in [4.78, 5) is 13.7. The minimum Gasteiger partial charge on any atom is -0.469 e. The van der Waals surface area contributed by atoms with Gasteiger partial charge in [-0.05, 0) is 37.5 Å². The molecule has 1 aromatic heterocycles. The molecule has 3 aliphatic carbocycles. The van der Waals surface area contributed by atoms with Gasteiger partial charge in [0.1, 0.15) is 5.82 Å². The first-order valence-corrected chi connectivity index (χ1v) is 7.77. The molecule has 2 bridgehead atoms. The molecule has 0 spiro atoms. The highest BCUT2D eigenvalue weighted by molar-refractivity contribution is 5.81. The molecule has 3 fully saturated rings. The summed E-state index contributed by atoms with van der Waals surface area (Å²) in [6, 6.07) is 0. The van der Waals surface area contributed by atoms with E-state index < -0.39 is 11.9 Å². The van der Waals surface area contributed by atoms with E-state index in [0.29, 0.717) is 25.2 Å². The van der Waals surface area contributed by atoms with Crippen LogP contribution in [0, 0.1) is 10.8 Å². The van der Waals surface area contributed by atoms with Gasteiger partial charge in [-0.15, -0.1) is 0 Å². The van der Waals surface area contributed by atoms with Gasteiger partial charge in [0.25, 0.3) is 0 Å². The Balaban J connectivity index is 1.50. The number of nitrogens with one attached hydrogen (secondary N) is 1. The third-order valence-electron chi connectivity index (χ3n) is 5.57. The van der Waals surface area contributed by atoms with E-state index in [4.69, 9.17) is 4.74 Å². The first-order valence-electron chi connectivity index (χ1n) is 7.77. The Morgan fingerprint density at radius 1 is 1.39 bits per heavy atom. The maximum Gasteiger partial charge on any atom is 0.435 e. The van der Waals surface area contributed by atoms with Crippen molar-refractivity contribution in [1.29, 1.82) is 0 Å². The van der Waals surface area contributed by atoms with Crippen LogP contribution in [0.4, 0.5) is 19.0 Å². The van der Waals surface area contributed by atoms with Gasteiger partial charge in [0.15, 0.2) is 5.69 Å². The van der Waals surface area contributed by atoms with Crippen molar-refractivity contribution in [2.24, 2.45) is 10.8 Å². The van der Waals surface area contributed by atoms with Crippen LogP contribution in [-0.4, -0.2) is 36.4 Å². The molecule has 0 aromatic carbocycles. The standard InChI is InChI=1S/C15H18F3N3O2/c1-23-12(22)14-5-13(6-14,7-14)8-21-4-2-3-9-10(15(16,17)18)19-20-11(9)21/h2-8H2,1H3,(H,19,20). The molecule has 0 radical (unpaired) electrons. The molecule has 8 heteroatoms. The number of H-pyrrole nitrogens is 1. The summed E-state index contributed by atoms with van der Waals surface area (Å²) in [6.45, 7) is 1.40. The SMILES string of the molecule is COC(=O)C12CC(CN3CCCc4c(C(F)(F)F)n[nH]c43)(C1)C2. The highest BCUT2D eigenvalue weighted by Crippen LogP contribution is 2.74. The number of methoxy groups -OCH3 is 1. The van der Waals surface area contributed by atoms with Gasteiger partial charge in [0.05, 0.1) is 12.5 Å². The summed E-state index contributed by atoms with van der Waals surface area (Å²) in [7, 11) is 1.40. The lowest BCUT2D eigenvalue weighted by molar-refractivity contribution is -0.221. The van der Waals surface area contributed by atoms with Gasteiger partial charge in [-0.1, -0.05) is 0 Å². The first kappa shape index (κ1) is 14.8. The van der Waals surface area contributed by atoms with E-state index in [1.54, 1.807) is 0 Å². The van der Waals surface area contributed by atoms with Crippen LogP contribution in [0.5, 0.6) is 0 Å². The molecule has 0 atom stereocenters. The summed E-state index contributed by atoms with van der Waals surface area (Å²) >= 11 is 0. The number of ether oxygens (including phenoxy) is 1. The van der Waals surface area contributed by atoms with E-state index in [9.17, 15) is 18.0 Å². The monoisotopic (exact) mass is 329 g/mol. The summed E-state index contributed by atoms with van der Waals surface area (Å²) in [5, 5.41) is 6.07. The molecule has 1 N–H and O–H groups in total. The van der Waals surface area contributed by atoms with Crippen LogP contribution in [-0.2, 0) is 22.1 Å². The minimum atomic E-state index is -4.42. The number of carbonyl (C=O) groups is 1. The number of aromatic nitrogens is 2. The third-order valence-corrected chi connectivity index (χ3v) is 5.57. The molecule has 0 unspecified atom stereocenters. The van der Waals surface area contributed by atoms with Gasteiger partial charge in [0, 0.05) is 18.7 Å². The summed E-state index contributed by atoms with van der Waals surface area (Å²) in [5.41, 5.74) is -0.788. The van der Waals surface area contributed by atoms with Gasteiger partial charge in [-0.3, -0.25) is 9.89 Å². The largest absolute Gasteiger partial charge is 0.469 e. The van der Waals surface area contributed by atoms with Crippen molar-refractivity contribution < 1.29 is 22.7 Å². The Hall–Kier alpha value is -1.73. The van der Waals surface area contributed by atoms with Crippen molar-refractivity contribution in [2.45, 2.75) is 38.3 Å². The molecule has 5 rings (SSSR count). The maximum absolute atomic E-state index is 13.0. The number of nitrogens with zero attached hydrogens (tertiary/aromatic N) is 2. The molecule has 0 saturated heterocycles. The number of aromatic amines is 1. The fourth-order valence-corrected chi connectivity index (χ4v) is 4.81. The van der Waals surface area contributed by atoms with E-state index in [-0.39, 0.29) is 22.4 Å². The van der Waals surface area contributed by atoms with E-state index >= 15 is 0 Å². The molecular formula is C15H18F3N3O2. The topological polar surface area (TPSA) is 58.2 Å². The highest BCUT2D eigenvalue weighted by atomic mass is 19.4. The Morgan fingerprint density at radius 3 is 2.70 bits per heavy atom. The van der Waals surface area contributed by atoms with Crippen LogP contribution in [0.15, 0.2) is 0 Å². The highest BCUT2D eigenvalue weighted by Gasteiger charge is 2.72. The number of halogens is 3. The minimum absolute atomic E-state index is 0.0479. The fourth-order valence-electron chi connectivity index (χ4n) is 4.81. The molecule has 126 valence electrons. The Morgan fingerprint density at radius 2 is 2.09 bits per heavy atom. The number of hydrogen-bond donors (Lipinski definition) is 1. The molecule has 1 aromatic rings. The van der Waals surface area contributed by atoms with Gasteiger partial charge in [-0.2, -0.15) is 18.3 Å². The van der Waals surface area contributed by atoms with Crippen molar-refractivity contribution in [2.75, 3.05) is 25.1 Å². The number of rotatable bonds is 3. The second kappa shape index (κ2) is 4.42. The maximum atomic E-state index is 13.0. The van der Waals surface area contributed by atoms with E-state index in [0.717, 1.165) is 25.8 Å².